The van der Waals surface area contributed by atoms with Gasteiger partial charge in [0.2, 0.25) is 11.8 Å². The van der Waals surface area contributed by atoms with E-state index in [1.807, 2.05) is 13.0 Å². The lowest BCUT2D eigenvalue weighted by molar-refractivity contribution is -0.153. The number of alkyl halides is 1. The number of aliphatic hydroxyl groups is 1. The number of unbranched alkanes of at least 4 members (excludes halogenated alkanes) is 1. The number of carbonyl (C=O) groups is 3. The normalized spacial score (nSPS) is 32.5. The number of hydrogen-bond donors (Lipinski definition) is 2. The van der Waals surface area contributed by atoms with Crippen molar-refractivity contribution in [3.8, 4) is 0 Å². The predicted octanol–water partition coefficient (Wildman–Crippen LogP) is 2.37. The summed E-state index contributed by atoms with van der Waals surface area (Å²) >= 11 is 3.55. The minimum atomic E-state index is -1.27. The molecule has 0 aliphatic carbocycles. The Kier molecular flexibility index (Phi) is 7.17. The first-order chi connectivity index (χ1) is 16.3. The van der Waals surface area contributed by atoms with Gasteiger partial charge in [0.25, 0.3) is 0 Å². The van der Waals surface area contributed by atoms with Crippen molar-refractivity contribution in [2.75, 3.05) is 19.7 Å². The average molecular weight is 535 g/mol. The maximum atomic E-state index is 14.1. The van der Waals surface area contributed by atoms with Gasteiger partial charge in [0, 0.05) is 17.9 Å². The van der Waals surface area contributed by atoms with Crippen LogP contribution in [-0.2, 0) is 19.1 Å². The SMILES string of the molecule is C=CCN(CCCC)C(=O)[C@@H]1N([C@H](CO)c2ccccc2)C(=O)[C@H]2[C@H](C(=O)O)[C@H]3O[C@@]12CC3Br. The number of rotatable bonds is 10. The first-order valence-electron chi connectivity index (χ1n) is 11.7. The van der Waals surface area contributed by atoms with Crippen LogP contribution >= 0.6 is 15.9 Å². The molecule has 7 atom stereocenters. The molecule has 3 aliphatic heterocycles. The van der Waals surface area contributed by atoms with E-state index >= 15 is 0 Å². The fraction of sp³-hybridized carbons (Fsp3) is 0.560. The number of aliphatic hydroxyl groups excluding tert-OH is 1. The monoisotopic (exact) mass is 534 g/mol. The molecular formula is C25H31BrN2O6. The Bertz CT molecular complexity index is 958. The van der Waals surface area contributed by atoms with Crippen molar-refractivity contribution in [2.45, 2.75) is 54.8 Å². The van der Waals surface area contributed by atoms with Crippen LogP contribution in [0.1, 0.15) is 37.8 Å². The van der Waals surface area contributed by atoms with Crippen LogP contribution in [0.2, 0.25) is 0 Å². The van der Waals surface area contributed by atoms with Crippen molar-refractivity contribution < 1.29 is 29.3 Å². The second kappa shape index (κ2) is 9.79. The van der Waals surface area contributed by atoms with E-state index in [-0.39, 0.29) is 10.7 Å². The van der Waals surface area contributed by atoms with E-state index in [1.165, 1.54) is 4.90 Å². The minimum absolute atomic E-state index is 0.291. The van der Waals surface area contributed by atoms with Crippen LogP contribution < -0.4 is 0 Å². The number of ether oxygens (including phenoxy) is 1. The number of likely N-dealkylation sites (tertiary alicyclic amines) is 1. The molecular weight excluding hydrogens is 504 g/mol. The van der Waals surface area contributed by atoms with Crippen molar-refractivity contribution >= 4 is 33.7 Å². The molecule has 0 radical (unpaired) electrons. The minimum Gasteiger partial charge on any atom is -0.481 e. The molecule has 2 bridgehead atoms. The molecule has 184 valence electrons. The van der Waals surface area contributed by atoms with Gasteiger partial charge in [0.1, 0.15) is 11.6 Å². The van der Waals surface area contributed by atoms with E-state index < -0.39 is 54.1 Å². The Morgan fingerprint density at radius 1 is 1.38 bits per heavy atom. The van der Waals surface area contributed by atoms with E-state index in [2.05, 4.69) is 22.5 Å². The van der Waals surface area contributed by atoms with Gasteiger partial charge in [-0.15, -0.1) is 6.58 Å². The van der Waals surface area contributed by atoms with E-state index in [0.717, 1.165) is 12.8 Å². The molecule has 1 unspecified atom stereocenters. The molecule has 1 aromatic rings. The van der Waals surface area contributed by atoms with Crippen LogP contribution in [0.4, 0.5) is 0 Å². The Hall–Kier alpha value is -2.23. The summed E-state index contributed by atoms with van der Waals surface area (Å²) < 4.78 is 6.32. The van der Waals surface area contributed by atoms with E-state index in [4.69, 9.17) is 4.74 Å². The third kappa shape index (κ3) is 3.78. The van der Waals surface area contributed by atoms with Crippen molar-refractivity contribution in [1.29, 1.82) is 0 Å². The topological polar surface area (TPSA) is 107 Å². The lowest BCUT2D eigenvalue weighted by Gasteiger charge is -2.39. The van der Waals surface area contributed by atoms with Gasteiger partial charge < -0.3 is 24.7 Å². The van der Waals surface area contributed by atoms with Crippen LogP contribution in [0, 0.1) is 11.8 Å². The van der Waals surface area contributed by atoms with Gasteiger partial charge in [-0.05, 0) is 18.4 Å². The Balaban J connectivity index is 1.84. The molecule has 8 nitrogen and oxygen atoms in total. The number of aliphatic carboxylic acids is 1. The van der Waals surface area contributed by atoms with E-state index in [9.17, 15) is 24.6 Å². The number of benzene rings is 1. The number of amides is 2. The molecule has 3 aliphatic rings. The van der Waals surface area contributed by atoms with Crippen LogP contribution in [0.15, 0.2) is 43.0 Å². The zero-order valence-electron chi connectivity index (χ0n) is 19.2. The fourth-order valence-electron chi connectivity index (χ4n) is 5.96. The molecule has 2 N–H and O–H groups in total. The molecule has 3 fully saturated rings. The number of carbonyl (C=O) groups excluding carboxylic acids is 2. The molecule has 9 heteroatoms. The predicted molar refractivity (Wildman–Crippen MR) is 128 cm³/mol. The Morgan fingerprint density at radius 3 is 2.68 bits per heavy atom. The van der Waals surface area contributed by atoms with Crippen LogP contribution in [-0.4, -0.2) is 80.1 Å². The van der Waals surface area contributed by atoms with Gasteiger partial charge in [0.05, 0.1) is 30.6 Å². The third-order valence-corrected chi connectivity index (χ3v) is 8.23. The first-order valence-corrected chi connectivity index (χ1v) is 12.7. The van der Waals surface area contributed by atoms with E-state index in [0.29, 0.717) is 25.1 Å². The Morgan fingerprint density at radius 2 is 2.09 bits per heavy atom. The van der Waals surface area contributed by atoms with Gasteiger partial charge in [-0.25, -0.2) is 0 Å². The summed E-state index contributed by atoms with van der Waals surface area (Å²) in [5, 5.41) is 20.4. The van der Waals surface area contributed by atoms with Gasteiger partial charge in [-0.3, -0.25) is 14.4 Å². The number of nitrogens with zero attached hydrogens (tertiary/aromatic N) is 2. The molecule has 0 aromatic heterocycles. The summed E-state index contributed by atoms with van der Waals surface area (Å²) in [6, 6.07) is 7.17. The van der Waals surface area contributed by atoms with Crippen LogP contribution in [0.25, 0.3) is 0 Å². The second-order valence-electron chi connectivity index (χ2n) is 9.28. The largest absolute Gasteiger partial charge is 0.481 e. The van der Waals surface area contributed by atoms with Crippen molar-refractivity contribution in [2.24, 2.45) is 11.8 Å². The molecule has 0 saturated carbocycles. The van der Waals surface area contributed by atoms with Gasteiger partial charge in [-0.1, -0.05) is 65.7 Å². The van der Waals surface area contributed by atoms with Crippen molar-refractivity contribution in [3.05, 3.63) is 48.6 Å². The summed E-state index contributed by atoms with van der Waals surface area (Å²) in [4.78, 5) is 43.1. The standard InChI is InChI=1S/C25H31BrN2O6/c1-3-5-12-27(11-4-2)23(31)21-25-13-16(26)20(34-25)18(24(32)33)19(25)22(30)28(21)17(14-29)15-9-7-6-8-10-15/h4,6-10,16-21,29H,2-3,5,11-14H2,1H3,(H,32,33)/t16?,17-,18+,19-,20+,21+,25-/m1/s1. The number of hydrogen-bond acceptors (Lipinski definition) is 5. The maximum absolute atomic E-state index is 14.1. The molecule has 3 saturated heterocycles. The molecule has 4 rings (SSSR count). The van der Waals surface area contributed by atoms with Crippen LogP contribution in [0.5, 0.6) is 0 Å². The van der Waals surface area contributed by atoms with Crippen molar-refractivity contribution in [3.63, 3.8) is 0 Å². The summed E-state index contributed by atoms with van der Waals surface area (Å²) in [5.74, 6) is -3.93. The second-order valence-corrected chi connectivity index (χ2v) is 10.5. The maximum Gasteiger partial charge on any atom is 0.310 e. The van der Waals surface area contributed by atoms with E-state index in [1.54, 1.807) is 35.2 Å². The highest BCUT2D eigenvalue weighted by Crippen LogP contribution is 2.61. The summed E-state index contributed by atoms with van der Waals surface area (Å²) in [6.45, 7) is 6.19. The number of carboxylic acid groups (broad SMARTS) is 1. The number of carboxylic acids is 1. The lowest BCUT2D eigenvalue weighted by atomic mass is 9.70. The third-order valence-electron chi connectivity index (χ3n) is 7.38. The highest BCUT2D eigenvalue weighted by molar-refractivity contribution is 9.09. The molecule has 1 spiro atoms. The first kappa shape index (κ1) is 24.9. The molecule has 2 amide bonds. The van der Waals surface area contributed by atoms with Crippen LogP contribution in [0.3, 0.4) is 0 Å². The quantitative estimate of drug-likeness (QED) is 0.352. The summed E-state index contributed by atoms with van der Waals surface area (Å²) in [6.07, 6.45) is 2.95. The zero-order valence-corrected chi connectivity index (χ0v) is 20.8. The smallest absolute Gasteiger partial charge is 0.310 e. The average Bonchev–Trinajstić information content (AvgIpc) is 3.41. The number of fused-ring (bicyclic) bond motifs is 1. The highest BCUT2D eigenvalue weighted by Gasteiger charge is 2.77. The molecule has 1 aromatic carbocycles. The fourth-order valence-corrected chi connectivity index (χ4v) is 6.91. The highest BCUT2D eigenvalue weighted by atomic mass is 79.9. The zero-order chi connectivity index (χ0) is 24.6. The van der Waals surface area contributed by atoms with Gasteiger partial charge >= 0.3 is 5.97 Å². The Labute approximate surface area is 207 Å². The summed E-state index contributed by atoms with van der Waals surface area (Å²) in [5.41, 5.74) is -0.600. The van der Waals surface area contributed by atoms with Gasteiger partial charge in [0.15, 0.2) is 0 Å². The summed E-state index contributed by atoms with van der Waals surface area (Å²) in [7, 11) is 0. The van der Waals surface area contributed by atoms with Crippen molar-refractivity contribution in [1.82, 2.24) is 9.80 Å². The molecule has 34 heavy (non-hydrogen) atoms. The number of halogens is 1. The lowest BCUT2D eigenvalue weighted by Crippen LogP contribution is -2.57. The molecule has 3 heterocycles. The van der Waals surface area contributed by atoms with Gasteiger partial charge in [-0.2, -0.15) is 0 Å².